The predicted molar refractivity (Wildman–Crippen MR) is 94.7 cm³/mol. The summed E-state index contributed by atoms with van der Waals surface area (Å²) in [6, 6.07) is 17.2. The molecule has 1 aliphatic rings. The summed E-state index contributed by atoms with van der Waals surface area (Å²) >= 11 is 0. The monoisotopic (exact) mass is 337 g/mol. The van der Waals surface area contributed by atoms with Crippen LogP contribution in [-0.4, -0.2) is 19.1 Å². The number of nitrogens with one attached hydrogen (secondary N) is 3. The topological polar surface area (TPSA) is 79.5 Å². The van der Waals surface area contributed by atoms with Crippen molar-refractivity contribution in [2.24, 2.45) is 0 Å². The van der Waals surface area contributed by atoms with Gasteiger partial charge in [-0.05, 0) is 18.6 Å². The van der Waals surface area contributed by atoms with Gasteiger partial charge in [-0.1, -0.05) is 48.5 Å². The Labute approximate surface area is 145 Å². The van der Waals surface area contributed by atoms with Crippen molar-refractivity contribution >= 4 is 17.7 Å². The van der Waals surface area contributed by atoms with E-state index in [9.17, 15) is 9.59 Å². The summed E-state index contributed by atoms with van der Waals surface area (Å²) < 4.78 is 4.61. The molecule has 0 saturated carbocycles. The molecule has 2 aromatic rings. The molecule has 3 rings (SSSR count). The first-order valence-corrected chi connectivity index (χ1v) is 7.87. The minimum absolute atomic E-state index is 0.235. The van der Waals surface area contributed by atoms with Gasteiger partial charge in [-0.2, -0.15) is 0 Å². The Kier molecular flexibility index (Phi) is 4.70. The van der Waals surface area contributed by atoms with Gasteiger partial charge in [-0.25, -0.2) is 4.79 Å². The Morgan fingerprint density at radius 1 is 1.08 bits per heavy atom. The van der Waals surface area contributed by atoms with Crippen molar-refractivity contribution in [3.8, 4) is 0 Å². The fourth-order valence-electron chi connectivity index (χ4n) is 2.79. The summed E-state index contributed by atoms with van der Waals surface area (Å²) in [6.07, 6.45) is -0.627. The zero-order chi connectivity index (χ0) is 17.8. The van der Waals surface area contributed by atoms with Crippen LogP contribution in [0, 0.1) is 0 Å². The molecule has 0 saturated heterocycles. The second kappa shape index (κ2) is 7.09. The Balaban J connectivity index is 2.07. The lowest BCUT2D eigenvalue weighted by molar-refractivity contribution is -0.113. The molecule has 3 N–H and O–H groups in total. The fourth-order valence-corrected chi connectivity index (χ4v) is 2.79. The molecule has 6 heteroatoms. The number of para-hydroxylation sites is 1. The van der Waals surface area contributed by atoms with Gasteiger partial charge >= 0.3 is 6.09 Å². The molecule has 2 amide bonds. The van der Waals surface area contributed by atoms with E-state index >= 15 is 0 Å². The van der Waals surface area contributed by atoms with E-state index in [0.717, 1.165) is 16.8 Å². The van der Waals surface area contributed by atoms with E-state index in [4.69, 9.17) is 0 Å². The minimum atomic E-state index is -0.627. The molecule has 2 aromatic carbocycles. The normalized spacial score (nSPS) is 18.2. The highest BCUT2D eigenvalue weighted by Crippen LogP contribution is 2.32. The molecular formula is C19H19N3O3. The highest BCUT2D eigenvalue weighted by atomic mass is 16.5. The summed E-state index contributed by atoms with van der Waals surface area (Å²) in [5, 5.41) is 8.71. The second-order valence-electron chi connectivity index (χ2n) is 5.65. The number of anilines is 1. The number of carbonyl (C=O) groups excluding carboxylic acids is 2. The van der Waals surface area contributed by atoms with Gasteiger partial charge < -0.3 is 15.4 Å². The number of ether oxygens (including phenoxy) is 1. The van der Waals surface area contributed by atoms with E-state index in [2.05, 4.69) is 20.7 Å². The first-order chi connectivity index (χ1) is 12.1. The maximum Gasteiger partial charge on any atom is 0.411 e. The van der Waals surface area contributed by atoms with E-state index in [-0.39, 0.29) is 17.6 Å². The average molecular weight is 337 g/mol. The molecule has 1 heterocycles. The number of alkyl carbamates (subject to hydrolysis) is 1. The predicted octanol–water partition coefficient (Wildman–Crippen LogP) is 2.91. The zero-order valence-electron chi connectivity index (χ0n) is 14.0. The molecule has 128 valence electrons. The van der Waals surface area contributed by atoms with Crippen LogP contribution in [0.1, 0.15) is 24.1 Å². The van der Waals surface area contributed by atoms with E-state index in [1.54, 1.807) is 6.92 Å². The lowest BCUT2D eigenvalue weighted by atomic mass is 9.97. The maximum atomic E-state index is 12.6. The van der Waals surface area contributed by atoms with Gasteiger partial charge in [-0.15, -0.1) is 0 Å². The summed E-state index contributed by atoms with van der Waals surface area (Å²) in [6.45, 7) is 1.65. The number of fused-ring (bicyclic) bond motifs is 1. The zero-order valence-corrected chi connectivity index (χ0v) is 14.0. The smallest absolute Gasteiger partial charge is 0.411 e. The van der Waals surface area contributed by atoms with Crippen molar-refractivity contribution in [2.45, 2.75) is 13.0 Å². The summed E-state index contributed by atoms with van der Waals surface area (Å²) in [4.78, 5) is 24.1. The Bertz CT molecular complexity index is 831. The van der Waals surface area contributed by atoms with Crippen LogP contribution in [-0.2, 0) is 9.53 Å². The molecule has 0 aromatic heterocycles. The van der Waals surface area contributed by atoms with E-state index in [1.165, 1.54) is 7.11 Å². The molecule has 0 spiro atoms. The van der Waals surface area contributed by atoms with Crippen LogP contribution in [0.5, 0.6) is 0 Å². The average Bonchev–Trinajstić information content (AvgIpc) is 2.78. The van der Waals surface area contributed by atoms with Crippen LogP contribution >= 0.6 is 0 Å². The fraction of sp³-hybridized carbons (Fsp3) is 0.158. The number of methoxy groups -OCH3 is 1. The Morgan fingerprint density at radius 3 is 2.48 bits per heavy atom. The quantitative estimate of drug-likeness (QED) is 0.736. The van der Waals surface area contributed by atoms with Gasteiger partial charge in [0.25, 0.3) is 5.91 Å². The van der Waals surface area contributed by atoms with Gasteiger partial charge in [-0.3, -0.25) is 10.1 Å². The van der Waals surface area contributed by atoms with Crippen LogP contribution in [0.3, 0.4) is 0 Å². The Morgan fingerprint density at radius 2 is 1.76 bits per heavy atom. The van der Waals surface area contributed by atoms with Crippen molar-refractivity contribution in [3.63, 3.8) is 0 Å². The molecule has 0 radical (unpaired) electrons. The third kappa shape index (κ3) is 3.47. The van der Waals surface area contributed by atoms with Gasteiger partial charge in [0.05, 0.1) is 13.2 Å². The molecule has 1 unspecified atom stereocenters. The molecule has 1 aliphatic heterocycles. The summed E-state index contributed by atoms with van der Waals surface area (Å²) in [5.41, 5.74) is 3.36. The van der Waals surface area contributed by atoms with Crippen LogP contribution in [0.2, 0.25) is 0 Å². The molecule has 0 bridgehead atoms. The van der Waals surface area contributed by atoms with Crippen LogP contribution < -0.4 is 16.0 Å². The van der Waals surface area contributed by atoms with Crippen LogP contribution in [0.25, 0.3) is 0 Å². The number of allylic oxidation sites excluding steroid dienone is 1. The minimum Gasteiger partial charge on any atom is -0.453 e. The van der Waals surface area contributed by atoms with Crippen molar-refractivity contribution in [3.05, 3.63) is 77.1 Å². The Hall–Kier alpha value is -3.28. The molecule has 1 atom stereocenters. The highest BCUT2D eigenvalue weighted by molar-refractivity contribution is 6.05. The molecule has 0 aliphatic carbocycles. The number of carbonyl (C=O) groups is 2. The highest BCUT2D eigenvalue weighted by Gasteiger charge is 2.27. The second-order valence-corrected chi connectivity index (χ2v) is 5.65. The number of benzene rings is 2. The molecular weight excluding hydrogens is 318 g/mol. The standard InChI is InChI=1S/C19H19N3O3/c1-12(20-19(24)25-2)16-18(23)21-15-11-7-6-10-14(15)17(22-16)13-8-4-3-5-9-13/h3-11,17,22H,1-2H3,(H,20,24)(H,21,23). The van der Waals surface area contributed by atoms with Crippen LogP contribution in [0.15, 0.2) is 66.0 Å². The molecule has 25 heavy (non-hydrogen) atoms. The number of amides is 2. The van der Waals surface area contributed by atoms with E-state index < -0.39 is 6.09 Å². The third-order valence-corrected chi connectivity index (χ3v) is 4.02. The first-order valence-electron chi connectivity index (χ1n) is 7.87. The number of hydrogen-bond acceptors (Lipinski definition) is 4. The summed E-state index contributed by atoms with van der Waals surface area (Å²) in [7, 11) is 1.27. The number of hydrogen-bond donors (Lipinski definition) is 3. The molecule has 6 nitrogen and oxygen atoms in total. The lowest BCUT2D eigenvalue weighted by Gasteiger charge is -2.21. The first kappa shape index (κ1) is 16.6. The SMILES string of the molecule is COC(=O)NC(C)=C1NC(c2ccccc2)c2ccccc2NC1=O. The van der Waals surface area contributed by atoms with Gasteiger partial charge in [0, 0.05) is 16.9 Å². The van der Waals surface area contributed by atoms with Gasteiger partial charge in [0.1, 0.15) is 5.70 Å². The van der Waals surface area contributed by atoms with Gasteiger partial charge in [0.2, 0.25) is 0 Å². The van der Waals surface area contributed by atoms with Gasteiger partial charge in [0.15, 0.2) is 0 Å². The summed E-state index contributed by atoms with van der Waals surface area (Å²) in [5.74, 6) is -0.320. The van der Waals surface area contributed by atoms with Crippen molar-refractivity contribution in [1.82, 2.24) is 10.6 Å². The molecule has 0 fully saturated rings. The van der Waals surface area contributed by atoms with Crippen molar-refractivity contribution < 1.29 is 14.3 Å². The van der Waals surface area contributed by atoms with E-state index in [1.807, 2.05) is 54.6 Å². The number of rotatable bonds is 2. The maximum absolute atomic E-state index is 12.6. The van der Waals surface area contributed by atoms with E-state index in [0.29, 0.717) is 5.70 Å². The third-order valence-electron chi connectivity index (χ3n) is 4.02. The van der Waals surface area contributed by atoms with Crippen molar-refractivity contribution in [2.75, 3.05) is 12.4 Å². The van der Waals surface area contributed by atoms with Crippen molar-refractivity contribution in [1.29, 1.82) is 0 Å². The largest absolute Gasteiger partial charge is 0.453 e. The van der Waals surface area contributed by atoms with Crippen LogP contribution in [0.4, 0.5) is 10.5 Å². The lowest BCUT2D eigenvalue weighted by Crippen LogP contribution is -2.32.